The minimum absolute atomic E-state index is 0.0872. The van der Waals surface area contributed by atoms with Crippen LogP contribution in [-0.2, 0) is 4.79 Å². The number of carbonyl (C=O) groups is 1. The van der Waals surface area contributed by atoms with Crippen LogP contribution in [0.5, 0.6) is 0 Å². The zero-order valence-electron chi connectivity index (χ0n) is 8.73. The summed E-state index contributed by atoms with van der Waals surface area (Å²) in [6, 6.07) is 8.05. The number of carbonyl (C=O) groups excluding carboxylic acids is 1. The zero-order chi connectivity index (χ0) is 10.8. The Hall–Kier alpha value is -1.55. The van der Waals surface area contributed by atoms with Gasteiger partial charge in [-0.25, -0.2) is 0 Å². The molecule has 1 fully saturated rings. The highest BCUT2D eigenvalue weighted by Crippen LogP contribution is 2.21. The lowest BCUT2D eigenvalue weighted by atomic mass is 10.0. The number of rotatable bonds is 1. The lowest BCUT2D eigenvalue weighted by molar-refractivity contribution is -0.125. The molecule has 0 unspecified atom stereocenters. The first kappa shape index (κ1) is 9.98. The van der Waals surface area contributed by atoms with Gasteiger partial charge in [0.25, 0.3) is 0 Å². The second kappa shape index (κ2) is 3.90. The van der Waals surface area contributed by atoms with Gasteiger partial charge in [0, 0.05) is 12.2 Å². The van der Waals surface area contributed by atoms with Crippen molar-refractivity contribution in [2.24, 2.45) is 0 Å². The van der Waals surface area contributed by atoms with Crippen LogP contribution in [0.4, 0.5) is 5.69 Å². The zero-order valence-corrected chi connectivity index (χ0v) is 8.73. The first-order valence-electron chi connectivity index (χ1n) is 4.99. The fourth-order valence-electron chi connectivity index (χ4n) is 1.85. The summed E-state index contributed by atoms with van der Waals surface area (Å²) in [5, 5.41) is 2.86. The van der Waals surface area contributed by atoms with E-state index in [0.29, 0.717) is 13.1 Å². The second-order valence-corrected chi connectivity index (χ2v) is 3.90. The van der Waals surface area contributed by atoms with Crippen LogP contribution in [0.15, 0.2) is 24.3 Å². The molecule has 80 valence electrons. The summed E-state index contributed by atoms with van der Waals surface area (Å²) in [6.45, 7) is 1.12. The van der Waals surface area contributed by atoms with Crippen molar-refractivity contribution in [1.29, 1.82) is 0 Å². The third-order valence-electron chi connectivity index (χ3n) is 2.74. The second-order valence-electron chi connectivity index (χ2n) is 3.90. The van der Waals surface area contributed by atoms with Crippen molar-refractivity contribution in [2.75, 3.05) is 25.9 Å². The maximum absolute atomic E-state index is 11.1. The number of benzene rings is 1. The number of nitrogen functional groups attached to an aromatic ring is 1. The molecule has 0 aliphatic carbocycles. The molecule has 1 heterocycles. The third kappa shape index (κ3) is 2.10. The van der Waals surface area contributed by atoms with E-state index in [-0.39, 0.29) is 11.9 Å². The Kier molecular flexibility index (Phi) is 2.60. The summed E-state index contributed by atoms with van der Waals surface area (Å²) < 4.78 is 0. The Morgan fingerprint density at radius 3 is 2.67 bits per heavy atom. The Labute approximate surface area is 89.1 Å². The van der Waals surface area contributed by atoms with E-state index < -0.39 is 0 Å². The molecule has 0 radical (unpaired) electrons. The number of piperazine rings is 1. The summed E-state index contributed by atoms with van der Waals surface area (Å²) in [5.41, 5.74) is 7.58. The van der Waals surface area contributed by atoms with Crippen molar-refractivity contribution >= 4 is 11.6 Å². The molecule has 1 amide bonds. The Balaban J connectivity index is 2.16. The van der Waals surface area contributed by atoms with Crippen LogP contribution >= 0.6 is 0 Å². The Morgan fingerprint density at radius 2 is 2.07 bits per heavy atom. The van der Waals surface area contributed by atoms with E-state index in [1.165, 1.54) is 5.56 Å². The van der Waals surface area contributed by atoms with Crippen molar-refractivity contribution in [1.82, 2.24) is 10.2 Å². The highest BCUT2D eigenvalue weighted by molar-refractivity contribution is 5.78. The molecule has 1 atom stereocenters. The van der Waals surface area contributed by atoms with Crippen LogP contribution in [0.1, 0.15) is 11.6 Å². The van der Waals surface area contributed by atoms with E-state index in [4.69, 9.17) is 5.73 Å². The van der Waals surface area contributed by atoms with E-state index in [2.05, 4.69) is 5.32 Å². The molecule has 1 aliphatic rings. The summed E-state index contributed by atoms with van der Waals surface area (Å²) in [7, 11) is 1.96. The monoisotopic (exact) mass is 205 g/mol. The van der Waals surface area contributed by atoms with Crippen LogP contribution < -0.4 is 11.1 Å². The predicted octanol–water partition coefficient (Wildman–Crippen LogP) is 0.371. The largest absolute Gasteiger partial charge is 0.399 e. The van der Waals surface area contributed by atoms with E-state index in [1.54, 1.807) is 0 Å². The molecule has 1 aromatic rings. The van der Waals surface area contributed by atoms with Gasteiger partial charge < -0.3 is 11.1 Å². The Bertz CT molecular complexity index is 361. The van der Waals surface area contributed by atoms with Crippen molar-refractivity contribution in [3.05, 3.63) is 29.8 Å². The lowest BCUT2D eigenvalue weighted by Gasteiger charge is -2.32. The van der Waals surface area contributed by atoms with Gasteiger partial charge in [-0.05, 0) is 24.7 Å². The quantitative estimate of drug-likeness (QED) is 0.651. The summed E-state index contributed by atoms with van der Waals surface area (Å²) in [6.07, 6.45) is 0. The first-order chi connectivity index (χ1) is 7.16. The smallest absolute Gasteiger partial charge is 0.234 e. The fraction of sp³-hybridized carbons (Fsp3) is 0.364. The van der Waals surface area contributed by atoms with Gasteiger partial charge >= 0.3 is 0 Å². The van der Waals surface area contributed by atoms with Crippen molar-refractivity contribution in [3.63, 3.8) is 0 Å². The maximum Gasteiger partial charge on any atom is 0.234 e. The molecule has 1 aliphatic heterocycles. The summed E-state index contributed by atoms with van der Waals surface area (Å²) >= 11 is 0. The minimum Gasteiger partial charge on any atom is -0.399 e. The lowest BCUT2D eigenvalue weighted by Crippen LogP contribution is -2.47. The van der Waals surface area contributed by atoms with Gasteiger partial charge in [0.15, 0.2) is 0 Å². The average molecular weight is 205 g/mol. The minimum atomic E-state index is 0.0872. The number of nitrogens with two attached hydrogens (primary N) is 1. The molecule has 1 saturated heterocycles. The Morgan fingerprint density at radius 1 is 1.40 bits per heavy atom. The molecule has 15 heavy (non-hydrogen) atoms. The standard InChI is InChI=1S/C11H15N3O/c1-14-7-11(15)13-6-10(14)8-2-4-9(12)5-3-8/h2-5,10H,6-7,12H2,1H3,(H,13,15)/t10-/m1/s1. The average Bonchev–Trinajstić information content (AvgIpc) is 2.20. The first-order valence-corrected chi connectivity index (χ1v) is 4.99. The normalized spacial score (nSPS) is 22.5. The van der Waals surface area contributed by atoms with Crippen LogP contribution in [0.25, 0.3) is 0 Å². The molecule has 4 heteroatoms. The van der Waals surface area contributed by atoms with Gasteiger partial charge in [0.05, 0.1) is 12.6 Å². The molecule has 2 rings (SSSR count). The van der Waals surface area contributed by atoms with Gasteiger partial charge in [-0.2, -0.15) is 0 Å². The van der Waals surface area contributed by atoms with Crippen LogP contribution in [-0.4, -0.2) is 30.9 Å². The topological polar surface area (TPSA) is 58.4 Å². The van der Waals surface area contributed by atoms with Gasteiger partial charge in [-0.3, -0.25) is 9.69 Å². The molecule has 4 nitrogen and oxygen atoms in total. The summed E-state index contributed by atoms with van der Waals surface area (Å²) in [4.78, 5) is 13.2. The molecular weight excluding hydrogens is 190 g/mol. The van der Waals surface area contributed by atoms with Gasteiger partial charge in [0.2, 0.25) is 5.91 Å². The van der Waals surface area contributed by atoms with Crippen LogP contribution in [0.2, 0.25) is 0 Å². The maximum atomic E-state index is 11.1. The van der Waals surface area contributed by atoms with E-state index >= 15 is 0 Å². The number of amides is 1. The fourth-order valence-corrected chi connectivity index (χ4v) is 1.85. The highest BCUT2D eigenvalue weighted by Gasteiger charge is 2.24. The van der Waals surface area contributed by atoms with Gasteiger partial charge in [-0.15, -0.1) is 0 Å². The number of nitrogens with one attached hydrogen (secondary N) is 1. The number of likely N-dealkylation sites (N-methyl/N-ethyl adjacent to an activating group) is 1. The third-order valence-corrected chi connectivity index (χ3v) is 2.74. The molecule has 0 bridgehead atoms. The van der Waals surface area contributed by atoms with Gasteiger partial charge in [0.1, 0.15) is 0 Å². The van der Waals surface area contributed by atoms with E-state index in [0.717, 1.165) is 5.69 Å². The van der Waals surface area contributed by atoms with Crippen molar-refractivity contribution in [3.8, 4) is 0 Å². The van der Waals surface area contributed by atoms with Crippen LogP contribution in [0.3, 0.4) is 0 Å². The molecular formula is C11H15N3O. The van der Waals surface area contributed by atoms with Crippen molar-refractivity contribution < 1.29 is 4.79 Å². The van der Waals surface area contributed by atoms with Crippen LogP contribution in [0, 0.1) is 0 Å². The number of anilines is 1. The van der Waals surface area contributed by atoms with E-state index in [9.17, 15) is 4.79 Å². The summed E-state index contributed by atoms with van der Waals surface area (Å²) in [5.74, 6) is 0.0872. The highest BCUT2D eigenvalue weighted by atomic mass is 16.2. The molecule has 0 saturated carbocycles. The van der Waals surface area contributed by atoms with Gasteiger partial charge in [-0.1, -0.05) is 12.1 Å². The molecule has 1 aromatic carbocycles. The SMILES string of the molecule is CN1CC(=O)NC[C@@H]1c1ccc(N)cc1. The number of hydrogen-bond acceptors (Lipinski definition) is 3. The molecule has 0 aromatic heterocycles. The van der Waals surface area contributed by atoms with E-state index in [1.807, 2.05) is 36.2 Å². The van der Waals surface area contributed by atoms with Crippen molar-refractivity contribution in [2.45, 2.75) is 6.04 Å². The number of nitrogens with zero attached hydrogens (tertiary/aromatic N) is 1. The predicted molar refractivity (Wildman–Crippen MR) is 59.2 cm³/mol. The molecule has 3 N–H and O–H groups in total. The number of hydrogen-bond donors (Lipinski definition) is 2. The molecule has 0 spiro atoms.